The van der Waals surface area contributed by atoms with Crippen LogP contribution in [0.3, 0.4) is 0 Å². The fourth-order valence-electron chi connectivity index (χ4n) is 5.41. The molecule has 0 aliphatic carbocycles. The third-order valence-electron chi connectivity index (χ3n) is 7.71. The van der Waals surface area contributed by atoms with Crippen LogP contribution in [-0.4, -0.2) is 41.7 Å². The van der Waals surface area contributed by atoms with Crippen LogP contribution >= 0.6 is 0 Å². The summed E-state index contributed by atoms with van der Waals surface area (Å²) in [5.74, 6) is 0.631. The Kier molecular flexibility index (Phi) is 9.46. The van der Waals surface area contributed by atoms with Crippen molar-refractivity contribution in [3.8, 4) is 11.6 Å². The van der Waals surface area contributed by atoms with Gasteiger partial charge in [0, 0.05) is 37.6 Å². The predicted octanol–water partition coefficient (Wildman–Crippen LogP) is 5.46. The smallest absolute Gasteiger partial charge is 0.328 e. The van der Waals surface area contributed by atoms with Gasteiger partial charge < -0.3 is 19.7 Å². The van der Waals surface area contributed by atoms with Crippen molar-refractivity contribution in [1.29, 1.82) is 0 Å². The molecule has 0 bridgehead atoms. The predicted molar refractivity (Wildman–Crippen MR) is 164 cm³/mol. The van der Waals surface area contributed by atoms with Gasteiger partial charge in [-0.2, -0.15) is 0 Å². The van der Waals surface area contributed by atoms with E-state index in [0.717, 1.165) is 80.1 Å². The van der Waals surface area contributed by atoms with Gasteiger partial charge in [0.25, 0.3) is 10.9 Å². The number of unbranched alkanes of at least 4 members (excludes halogenated alkanes) is 2. The highest BCUT2D eigenvalue weighted by Crippen LogP contribution is 2.29. The maximum atomic E-state index is 13.2. The second kappa shape index (κ2) is 13.6. The summed E-state index contributed by atoms with van der Waals surface area (Å²) >= 11 is 0. The molecule has 1 atom stereocenters. The number of hydrogen-bond donors (Lipinski definition) is 1. The summed E-state index contributed by atoms with van der Waals surface area (Å²) in [6.07, 6.45) is 10.7. The minimum absolute atomic E-state index is 0.225. The lowest BCUT2D eigenvalue weighted by atomic mass is 10.0. The van der Waals surface area contributed by atoms with Gasteiger partial charge >= 0.3 is 5.97 Å². The zero-order valence-corrected chi connectivity index (χ0v) is 24.4. The molecule has 1 aliphatic rings. The summed E-state index contributed by atoms with van der Waals surface area (Å²) in [5, 5.41) is 4.93. The summed E-state index contributed by atoms with van der Waals surface area (Å²) in [6.45, 7) is 5.78. The molecule has 1 N–H and O–H groups in total. The molecule has 1 aliphatic heterocycles. The van der Waals surface area contributed by atoms with E-state index in [1.165, 1.54) is 0 Å². The van der Waals surface area contributed by atoms with E-state index in [4.69, 9.17) is 9.47 Å². The molecule has 0 unspecified atom stereocenters. The van der Waals surface area contributed by atoms with Crippen LogP contribution in [0.4, 0.5) is 11.4 Å². The Labute approximate surface area is 245 Å². The van der Waals surface area contributed by atoms with E-state index < -0.39 is 22.9 Å². The Morgan fingerprint density at radius 1 is 1.02 bits per heavy atom. The molecule has 4 aromatic rings. The molecule has 0 radical (unpaired) electrons. The van der Waals surface area contributed by atoms with Crippen LogP contribution in [0.15, 0.2) is 58.4 Å². The Morgan fingerprint density at radius 3 is 2.52 bits per heavy atom. The first-order chi connectivity index (χ1) is 20.4. The molecule has 5 rings (SSSR count). The number of esters is 1. The highest BCUT2D eigenvalue weighted by atomic mass is 16.5. The number of aryl methyl sites for hydroxylation is 1. The second-order valence-electron chi connectivity index (χ2n) is 11.0. The van der Waals surface area contributed by atoms with Crippen molar-refractivity contribution in [2.75, 3.05) is 29.9 Å². The fourth-order valence-corrected chi connectivity index (χ4v) is 5.41. The molecule has 1 fully saturated rings. The Bertz CT molecular complexity index is 1590. The van der Waals surface area contributed by atoms with Gasteiger partial charge in [-0.3, -0.25) is 14.6 Å². The summed E-state index contributed by atoms with van der Waals surface area (Å²) < 4.78 is 11.7. The molecule has 9 nitrogen and oxygen atoms in total. The van der Waals surface area contributed by atoms with Gasteiger partial charge in [-0.15, -0.1) is 0 Å². The number of benzene rings is 1. The summed E-state index contributed by atoms with van der Waals surface area (Å²) in [7, 11) is 0. The number of rotatable bonds is 12. The number of fused-ring (bicyclic) bond motifs is 1. The Morgan fingerprint density at radius 2 is 1.79 bits per heavy atom. The van der Waals surface area contributed by atoms with Gasteiger partial charge in [0.05, 0.1) is 12.0 Å². The first-order valence-corrected chi connectivity index (χ1v) is 14.9. The molecular weight excluding hydrogens is 532 g/mol. The van der Waals surface area contributed by atoms with Gasteiger partial charge in [-0.25, -0.2) is 9.78 Å². The van der Waals surface area contributed by atoms with E-state index in [0.29, 0.717) is 23.9 Å². The normalized spacial score (nSPS) is 14.5. The minimum Gasteiger partial charge on any atom is -0.464 e. The minimum atomic E-state index is -0.819. The first-order valence-electron chi connectivity index (χ1n) is 14.9. The van der Waals surface area contributed by atoms with Crippen LogP contribution in [0, 0.1) is 6.92 Å². The van der Waals surface area contributed by atoms with Crippen molar-refractivity contribution >= 4 is 28.1 Å². The van der Waals surface area contributed by atoms with Crippen molar-refractivity contribution < 1.29 is 14.3 Å². The lowest BCUT2D eigenvalue weighted by Crippen LogP contribution is -2.46. The van der Waals surface area contributed by atoms with Crippen molar-refractivity contribution in [3.05, 3.63) is 80.5 Å². The van der Waals surface area contributed by atoms with Gasteiger partial charge in [0.2, 0.25) is 5.88 Å². The highest BCUT2D eigenvalue weighted by molar-refractivity contribution is 5.86. The number of pyridine rings is 2. The van der Waals surface area contributed by atoms with E-state index in [1.807, 2.05) is 48.2 Å². The second-order valence-corrected chi connectivity index (χ2v) is 11.0. The van der Waals surface area contributed by atoms with Crippen LogP contribution in [0.25, 0.3) is 10.8 Å². The first kappa shape index (κ1) is 29.2. The zero-order chi connectivity index (χ0) is 29.5. The number of aromatic nitrogens is 2. The molecule has 0 spiro atoms. The Hall–Kier alpha value is -4.27. The molecule has 9 heteroatoms. The molecule has 0 saturated carbocycles. The van der Waals surface area contributed by atoms with Crippen LogP contribution in [0.5, 0.6) is 11.6 Å². The summed E-state index contributed by atoms with van der Waals surface area (Å²) in [5.41, 5.74) is 1.26. The van der Waals surface area contributed by atoms with E-state index in [-0.39, 0.29) is 12.1 Å². The number of carbonyl (C=O) groups excluding carboxylic acids is 1. The maximum absolute atomic E-state index is 13.2. The summed E-state index contributed by atoms with van der Waals surface area (Å²) in [6, 6.07) is 10.5. The quantitative estimate of drug-likeness (QED) is 0.135. The average molecular weight is 571 g/mol. The third-order valence-corrected chi connectivity index (χ3v) is 7.71. The molecule has 1 saturated heterocycles. The fraction of sp³-hybridized carbons (Fsp3) is 0.424. The third kappa shape index (κ3) is 6.78. The molecule has 3 heterocycles. The van der Waals surface area contributed by atoms with Crippen LogP contribution < -0.4 is 25.8 Å². The van der Waals surface area contributed by atoms with Crippen LogP contribution in [0.2, 0.25) is 0 Å². The molecule has 2 aromatic carbocycles. The number of nitrogens with zero attached hydrogens (tertiary/aromatic N) is 3. The number of anilines is 2. The van der Waals surface area contributed by atoms with Gasteiger partial charge in [-0.05, 0) is 61.4 Å². The molecule has 220 valence electrons. The van der Waals surface area contributed by atoms with Crippen molar-refractivity contribution in [3.63, 3.8) is 0 Å². The van der Waals surface area contributed by atoms with Gasteiger partial charge in [-0.1, -0.05) is 44.7 Å². The maximum Gasteiger partial charge on any atom is 0.328 e. The molecule has 2 aromatic heterocycles. The van der Waals surface area contributed by atoms with Gasteiger partial charge in [0.15, 0.2) is 0 Å². The van der Waals surface area contributed by atoms with Gasteiger partial charge in [0.1, 0.15) is 23.2 Å². The van der Waals surface area contributed by atoms with Crippen LogP contribution in [-0.2, 0) is 16.0 Å². The van der Waals surface area contributed by atoms with E-state index >= 15 is 0 Å². The zero-order valence-electron chi connectivity index (χ0n) is 24.4. The van der Waals surface area contributed by atoms with Crippen molar-refractivity contribution in [2.24, 2.45) is 0 Å². The monoisotopic (exact) mass is 570 g/mol. The number of carbonyl (C=O) groups is 1. The number of ether oxygens (including phenoxy) is 2. The average Bonchev–Trinajstić information content (AvgIpc) is 3.28. The highest BCUT2D eigenvalue weighted by Gasteiger charge is 2.31. The lowest BCUT2D eigenvalue weighted by Gasteiger charge is -2.28. The van der Waals surface area contributed by atoms with Crippen molar-refractivity contribution in [2.45, 2.75) is 71.3 Å². The Balaban J connectivity index is 1.34. The number of hydrogen-bond acceptors (Lipinski definition) is 9. The standard InChI is InChI=1S/C33H38N4O5/c1-3-4-9-18-41-33(40)27(36-28-29(31(39)30(28)38)37-16-7-5-6-8-17-37)20-23-10-12-25(13-11-23)42-32-26-21-34-15-14-24(26)19-22(2)35-32/h10-15,19,21,27,36H,3-9,16-18,20H2,1-2H3/t27-/m0/s1. The van der Waals surface area contributed by atoms with E-state index in [1.54, 1.807) is 12.4 Å². The molecule has 42 heavy (non-hydrogen) atoms. The lowest BCUT2D eigenvalue weighted by molar-refractivity contribution is -0.144. The SMILES string of the molecule is CCCCCOC(=O)[C@H](Cc1ccc(Oc2nc(C)cc3ccncc23)cc1)Nc1c(N2CCCCCC2)c(=O)c1=O. The van der Waals surface area contributed by atoms with E-state index in [9.17, 15) is 14.4 Å². The van der Waals surface area contributed by atoms with Crippen molar-refractivity contribution in [1.82, 2.24) is 9.97 Å². The molecule has 0 amide bonds. The van der Waals surface area contributed by atoms with Crippen LogP contribution in [0.1, 0.15) is 63.1 Å². The molecular formula is C33H38N4O5. The number of nitrogens with one attached hydrogen (secondary N) is 1. The summed E-state index contributed by atoms with van der Waals surface area (Å²) in [4.78, 5) is 49.2. The largest absolute Gasteiger partial charge is 0.464 e. The topological polar surface area (TPSA) is 111 Å². The van der Waals surface area contributed by atoms with E-state index in [2.05, 4.69) is 22.2 Å².